The molecule has 0 spiro atoms. The molecular weight excluding hydrogens is 180 g/mol. The van der Waals surface area contributed by atoms with Crippen molar-refractivity contribution in [1.82, 2.24) is 0 Å². The van der Waals surface area contributed by atoms with Gasteiger partial charge in [0.05, 0.1) is 6.26 Å². The first-order chi connectivity index (χ1) is 6.86. The molecule has 3 nitrogen and oxygen atoms in total. The van der Waals surface area contributed by atoms with Crippen molar-refractivity contribution in [1.29, 1.82) is 0 Å². The average molecular weight is 192 g/mol. The molecule has 1 aromatic heterocycles. The summed E-state index contributed by atoms with van der Waals surface area (Å²) in [6.45, 7) is 0. The van der Waals surface area contributed by atoms with Crippen molar-refractivity contribution in [3.8, 4) is 0 Å². The van der Waals surface area contributed by atoms with Crippen LogP contribution < -0.4 is 0 Å². The van der Waals surface area contributed by atoms with E-state index in [1.807, 2.05) is 12.2 Å². The van der Waals surface area contributed by atoms with E-state index >= 15 is 0 Å². The van der Waals surface area contributed by atoms with Crippen LogP contribution in [0.4, 0.5) is 0 Å². The van der Waals surface area contributed by atoms with Crippen molar-refractivity contribution in [3.63, 3.8) is 0 Å². The lowest BCUT2D eigenvalue weighted by Crippen LogP contribution is -2.17. The molecule has 14 heavy (non-hydrogen) atoms. The van der Waals surface area contributed by atoms with Crippen LogP contribution in [-0.2, 0) is 4.74 Å². The monoisotopic (exact) mass is 192 g/mol. The van der Waals surface area contributed by atoms with Gasteiger partial charge in [0, 0.05) is 0 Å². The highest BCUT2D eigenvalue weighted by Gasteiger charge is 2.16. The van der Waals surface area contributed by atoms with Crippen LogP contribution in [0, 0.1) is 0 Å². The van der Waals surface area contributed by atoms with Crippen molar-refractivity contribution in [2.24, 2.45) is 0 Å². The van der Waals surface area contributed by atoms with Crippen LogP contribution in [0.5, 0.6) is 0 Å². The molecule has 0 bridgehead atoms. The highest BCUT2D eigenvalue weighted by molar-refractivity contribution is 5.86. The second-order valence-electron chi connectivity index (χ2n) is 3.28. The lowest BCUT2D eigenvalue weighted by Gasteiger charge is -2.15. The van der Waals surface area contributed by atoms with Crippen LogP contribution in [-0.4, -0.2) is 12.1 Å². The Hall–Kier alpha value is -1.51. The summed E-state index contributed by atoms with van der Waals surface area (Å²) in [6, 6.07) is 3.28. The number of ether oxygens (including phenoxy) is 1. The van der Waals surface area contributed by atoms with Crippen molar-refractivity contribution < 1.29 is 13.9 Å². The normalized spacial score (nSPS) is 20.7. The standard InChI is InChI=1S/C11H12O3/c12-11(10-7-4-8-13-10)14-9-5-2-1-3-6-9/h2,4-5,7-9H,1,3,6H2/t9-/m0/s1. The molecule has 0 fully saturated rings. The van der Waals surface area contributed by atoms with Crippen molar-refractivity contribution in [2.75, 3.05) is 0 Å². The molecule has 1 heterocycles. The first kappa shape index (κ1) is 9.06. The highest BCUT2D eigenvalue weighted by atomic mass is 16.6. The van der Waals surface area contributed by atoms with Crippen molar-refractivity contribution in [2.45, 2.75) is 25.4 Å². The Morgan fingerprint density at radius 2 is 2.50 bits per heavy atom. The Morgan fingerprint density at radius 3 is 3.14 bits per heavy atom. The zero-order chi connectivity index (χ0) is 9.80. The van der Waals surface area contributed by atoms with Gasteiger partial charge in [0.2, 0.25) is 5.76 Å². The fourth-order valence-corrected chi connectivity index (χ4v) is 1.47. The number of hydrogen-bond acceptors (Lipinski definition) is 3. The van der Waals surface area contributed by atoms with E-state index in [9.17, 15) is 4.79 Å². The molecule has 0 aromatic carbocycles. The van der Waals surface area contributed by atoms with E-state index in [-0.39, 0.29) is 17.8 Å². The Balaban J connectivity index is 1.94. The fourth-order valence-electron chi connectivity index (χ4n) is 1.47. The third kappa shape index (κ3) is 2.05. The van der Waals surface area contributed by atoms with Gasteiger partial charge < -0.3 is 9.15 Å². The number of carbonyl (C=O) groups is 1. The van der Waals surface area contributed by atoms with Gasteiger partial charge in [0.25, 0.3) is 0 Å². The summed E-state index contributed by atoms with van der Waals surface area (Å²) in [7, 11) is 0. The molecule has 0 saturated heterocycles. The van der Waals surface area contributed by atoms with Crippen LogP contribution in [0.15, 0.2) is 35.0 Å². The molecule has 0 saturated carbocycles. The van der Waals surface area contributed by atoms with Crippen LogP contribution >= 0.6 is 0 Å². The minimum absolute atomic E-state index is 0.0821. The molecule has 0 amide bonds. The summed E-state index contributed by atoms with van der Waals surface area (Å²) < 4.78 is 10.2. The van der Waals surface area contributed by atoms with Crippen LogP contribution in [0.25, 0.3) is 0 Å². The highest BCUT2D eigenvalue weighted by Crippen LogP contribution is 2.15. The summed E-state index contributed by atoms with van der Waals surface area (Å²) in [5, 5.41) is 0. The maximum atomic E-state index is 11.4. The van der Waals surface area contributed by atoms with Crippen LogP contribution in [0.2, 0.25) is 0 Å². The van der Waals surface area contributed by atoms with Crippen molar-refractivity contribution >= 4 is 5.97 Å². The summed E-state index contributed by atoms with van der Waals surface area (Å²) in [4.78, 5) is 11.4. The Morgan fingerprint density at radius 1 is 1.57 bits per heavy atom. The largest absolute Gasteiger partial charge is 0.457 e. The van der Waals surface area contributed by atoms with Crippen LogP contribution in [0.3, 0.4) is 0 Å². The second kappa shape index (κ2) is 4.13. The molecule has 0 aliphatic heterocycles. The number of carbonyl (C=O) groups excluding carboxylic acids is 1. The molecule has 1 aliphatic carbocycles. The number of rotatable bonds is 2. The maximum absolute atomic E-state index is 11.4. The van der Waals surface area contributed by atoms with E-state index in [0.717, 1.165) is 19.3 Å². The number of hydrogen-bond donors (Lipinski definition) is 0. The zero-order valence-corrected chi connectivity index (χ0v) is 7.81. The molecule has 0 radical (unpaired) electrons. The quantitative estimate of drug-likeness (QED) is 0.534. The fraction of sp³-hybridized carbons (Fsp3) is 0.364. The molecule has 2 rings (SSSR count). The predicted octanol–water partition coefficient (Wildman–Crippen LogP) is 2.55. The summed E-state index contributed by atoms with van der Waals surface area (Å²) in [5.41, 5.74) is 0. The number of allylic oxidation sites excluding steroid dienone is 1. The lowest BCUT2D eigenvalue weighted by atomic mass is 10.1. The smallest absolute Gasteiger partial charge is 0.374 e. The first-order valence-corrected chi connectivity index (χ1v) is 4.77. The van der Waals surface area contributed by atoms with E-state index in [1.54, 1.807) is 12.1 Å². The third-order valence-electron chi connectivity index (χ3n) is 2.19. The molecule has 3 heteroatoms. The Labute approximate surface area is 82.4 Å². The maximum Gasteiger partial charge on any atom is 0.374 e. The summed E-state index contributed by atoms with van der Waals surface area (Å²) >= 11 is 0. The van der Waals surface area contributed by atoms with E-state index in [1.165, 1.54) is 6.26 Å². The predicted molar refractivity (Wildman–Crippen MR) is 50.9 cm³/mol. The Bertz CT molecular complexity index is 324. The van der Waals surface area contributed by atoms with Gasteiger partial charge in [-0.2, -0.15) is 0 Å². The summed E-state index contributed by atoms with van der Waals surface area (Å²) in [5.74, 6) is -0.115. The minimum Gasteiger partial charge on any atom is -0.457 e. The average Bonchev–Trinajstić information content (AvgIpc) is 2.72. The van der Waals surface area contributed by atoms with E-state index in [0.29, 0.717) is 0 Å². The van der Waals surface area contributed by atoms with Gasteiger partial charge in [-0.15, -0.1) is 0 Å². The van der Waals surface area contributed by atoms with Gasteiger partial charge in [-0.25, -0.2) is 4.79 Å². The molecule has 1 atom stereocenters. The first-order valence-electron chi connectivity index (χ1n) is 4.77. The van der Waals surface area contributed by atoms with Gasteiger partial charge in [0.15, 0.2) is 0 Å². The Kier molecular flexibility index (Phi) is 2.68. The molecule has 1 aromatic rings. The second-order valence-corrected chi connectivity index (χ2v) is 3.28. The van der Waals surface area contributed by atoms with Crippen LogP contribution in [0.1, 0.15) is 29.8 Å². The zero-order valence-electron chi connectivity index (χ0n) is 7.81. The lowest BCUT2D eigenvalue weighted by molar-refractivity contribution is 0.0334. The topological polar surface area (TPSA) is 39.4 Å². The van der Waals surface area contributed by atoms with E-state index in [2.05, 4.69) is 0 Å². The van der Waals surface area contributed by atoms with Crippen molar-refractivity contribution in [3.05, 3.63) is 36.3 Å². The van der Waals surface area contributed by atoms with Gasteiger partial charge in [-0.05, 0) is 37.5 Å². The van der Waals surface area contributed by atoms with Gasteiger partial charge in [-0.3, -0.25) is 0 Å². The number of esters is 1. The van der Waals surface area contributed by atoms with Gasteiger partial charge in [-0.1, -0.05) is 6.08 Å². The molecule has 1 aliphatic rings. The number of furan rings is 1. The molecule has 0 N–H and O–H groups in total. The molecule has 74 valence electrons. The van der Waals surface area contributed by atoms with E-state index < -0.39 is 0 Å². The van der Waals surface area contributed by atoms with Gasteiger partial charge >= 0.3 is 5.97 Å². The summed E-state index contributed by atoms with van der Waals surface area (Å²) in [6.07, 6.45) is 8.42. The SMILES string of the molecule is O=C(O[C@H]1C=CCCC1)c1ccco1. The molecular formula is C11H12O3. The van der Waals surface area contributed by atoms with Gasteiger partial charge in [0.1, 0.15) is 6.10 Å². The molecule has 0 unspecified atom stereocenters. The third-order valence-corrected chi connectivity index (χ3v) is 2.19. The minimum atomic E-state index is -0.383. The van der Waals surface area contributed by atoms with E-state index in [4.69, 9.17) is 9.15 Å².